The van der Waals surface area contributed by atoms with Gasteiger partial charge in [-0.3, -0.25) is 4.40 Å². The van der Waals surface area contributed by atoms with Gasteiger partial charge in [-0.25, -0.2) is 4.98 Å². The van der Waals surface area contributed by atoms with Gasteiger partial charge in [-0.2, -0.15) is 0 Å². The molecule has 0 amide bonds. The molecule has 3 aromatic rings. The summed E-state index contributed by atoms with van der Waals surface area (Å²) in [5, 5.41) is 9.39. The molecule has 18 heavy (non-hydrogen) atoms. The van der Waals surface area contributed by atoms with Crippen LogP contribution in [0.5, 0.6) is 0 Å². The molecule has 3 rings (SSSR count). The number of rotatable bonds is 2. The number of benzene rings is 1. The van der Waals surface area contributed by atoms with Crippen LogP contribution in [0, 0.1) is 13.8 Å². The quantitative estimate of drug-likeness (QED) is 0.766. The minimum absolute atomic E-state index is 0.0101. The van der Waals surface area contributed by atoms with Crippen molar-refractivity contribution in [3.63, 3.8) is 0 Å². The average Bonchev–Trinajstić information content (AvgIpc) is 2.88. The average molecular weight is 258 g/mol. The van der Waals surface area contributed by atoms with Crippen molar-refractivity contribution in [3.8, 4) is 11.3 Å². The first-order valence-electron chi connectivity index (χ1n) is 5.84. The highest BCUT2D eigenvalue weighted by molar-refractivity contribution is 7.17. The van der Waals surface area contributed by atoms with Crippen molar-refractivity contribution in [2.75, 3.05) is 0 Å². The fourth-order valence-corrected chi connectivity index (χ4v) is 3.16. The third kappa shape index (κ3) is 1.65. The monoisotopic (exact) mass is 258 g/mol. The predicted octanol–water partition coefficient (Wildman–Crippen LogP) is 3.17. The van der Waals surface area contributed by atoms with E-state index in [4.69, 9.17) is 0 Å². The molecule has 0 aliphatic heterocycles. The molecule has 0 spiro atoms. The lowest BCUT2D eigenvalue weighted by Crippen LogP contribution is -1.94. The molecule has 0 radical (unpaired) electrons. The molecule has 2 heterocycles. The molecule has 0 atom stereocenters. The van der Waals surface area contributed by atoms with Crippen LogP contribution < -0.4 is 0 Å². The summed E-state index contributed by atoms with van der Waals surface area (Å²) in [5.74, 6) is 0. The number of aromatic nitrogens is 2. The molecule has 92 valence electrons. The fraction of sp³-hybridized carbons (Fsp3) is 0.214. The Labute approximate surface area is 109 Å². The van der Waals surface area contributed by atoms with Crippen LogP contribution in [0.15, 0.2) is 30.5 Å². The first kappa shape index (κ1) is 11.4. The fourth-order valence-electron chi connectivity index (χ4n) is 2.18. The zero-order chi connectivity index (χ0) is 12.7. The van der Waals surface area contributed by atoms with E-state index in [-0.39, 0.29) is 6.61 Å². The van der Waals surface area contributed by atoms with Gasteiger partial charge in [0, 0.05) is 4.88 Å². The van der Waals surface area contributed by atoms with E-state index >= 15 is 0 Å². The molecule has 0 saturated heterocycles. The summed E-state index contributed by atoms with van der Waals surface area (Å²) in [6.45, 7) is 4.18. The minimum atomic E-state index is 0.0101. The molecule has 4 heteroatoms. The van der Waals surface area contributed by atoms with E-state index in [1.165, 1.54) is 10.4 Å². The van der Waals surface area contributed by atoms with Crippen LogP contribution in [0.4, 0.5) is 0 Å². The van der Waals surface area contributed by atoms with E-state index in [2.05, 4.69) is 43.1 Å². The third-order valence-corrected chi connectivity index (χ3v) is 4.06. The van der Waals surface area contributed by atoms with Gasteiger partial charge in [0.1, 0.15) is 0 Å². The molecule has 0 aliphatic rings. The molecular formula is C14H14N2OS. The van der Waals surface area contributed by atoms with Crippen LogP contribution in [-0.2, 0) is 6.61 Å². The summed E-state index contributed by atoms with van der Waals surface area (Å²) < 4.78 is 2.05. The molecule has 2 aromatic heterocycles. The highest BCUT2D eigenvalue weighted by atomic mass is 32.1. The molecule has 1 N–H and O–H groups in total. The van der Waals surface area contributed by atoms with Gasteiger partial charge >= 0.3 is 0 Å². The second-order valence-electron chi connectivity index (χ2n) is 4.40. The number of fused-ring (bicyclic) bond motifs is 1. The molecule has 0 unspecified atom stereocenters. The van der Waals surface area contributed by atoms with Crippen molar-refractivity contribution >= 4 is 16.3 Å². The normalized spacial score (nSPS) is 11.3. The van der Waals surface area contributed by atoms with Crippen molar-refractivity contribution in [2.24, 2.45) is 0 Å². The van der Waals surface area contributed by atoms with E-state index in [1.807, 2.05) is 4.40 Å². The Morgan fingerprint density at radius 2 is 1.94 bits per heavy atom. The summed E-state index contributed by atoms with van der Waals surface area (Å²) in [5.41, 5.74) is 4.38. The molecule has 0 aliphatic carbocycles. The van der Waals surface area contributed by atoms with Crippen LogP contribution in [0.2, 0.25) is 0 Å². The predicted molar refractivity (Wildman–Crippen MR) is 73.9 cm³/mol. The van der Waals surface area contributed by atoms with Crippen LogP contribution >= 0.6 is 11.3 Å². The standard InChI is InChI=1S/C14H14N2OS/c1-9-3-5-11(6-4-9)13-10(2)18-14-15-7-12(8-17)16(13)14/h3-7,17H,8H2,1-2H3. The van der Waals surface area contributed by atoms with Gasteiger partial charge in [0.25, 0.3) is 0 Å². The zero-order valence-corrected chi connectivity index (χ0v) is 11.2. The van der Waals surface area contributed by atoms with Gasteiger partial charge in [-0.1, -0.05) is 29.8 Å². The molecule has 0 fully saturated rings. The second kappa shape index (κ2) is 4.23. The Balaban J connectivity index is 2.29. The van der Waals surface area contributed by atoms with Crippen molar-refractivity contribution in [1.82, 2.24) is 9.38 Å². The number of aryl methyl sites for hydroxylation is 2. The van der Waals surface area contributed by atoms with E-state index in [0.29, 0.717) is 0 Å². The van der Waals surface area contributed by atoms with Crippen molar-refractivity contribution in [1.29, 1.82) is 0 Å². The lowest BCUT2D eigenvalue weighted by Gasteiger charge is -2.05. The maximum absolute atomic E-state index is 9.39. The lowest BCUT2D eigenvalue weighted by atomic mass is 10.1. The van der Waals surface area contributed by atoms with E-state index < -0.39 is 0 Å². The molecule has 0 saturated carbocycles. The topological polar surface area (TPSA) is 37.5 Å². The second-order valence-corrected chi connectivity index (χ2v) is 5.58. The summed E-state index contributed by atoms with van der Waals surface area (Å²) in [6.07, 6.45) is 1.74. The number of aliphatic hydroxyl groups excluding tert-OH is 1. The minimum Gasteiger partial charge on any atom is -0.390 e. The van der Waals surface area contributed by atoms with Gasteiger partial charge in [-0.05, 0) is 19.4 Å². The summed E-state index contributed by atoms with van der Waals surface area (Å²) in [7, 11) is 0. The van der Waals surface area contributed by atoms with Crippen LogP contribution in [0.25, 0.3) is 16.2 Å². The lowest BCUT2D eigenvalue weighted by molar-refractivity contribution is 0.276. The third-order valence-electron chi connectivity index (χ3n) is 3.09. The van der Waals surface area contributed by atoms with Gasteiger partial charge in [0.05, 0.1) is 24.2 Å². The van der Waals surface area contributed by atoms with Crippen LogP contribution in [0.1, 0.15) is 16.1 Å². The number of nitrogens with zero attached hydrogens (tertiary/aromatic N) is 2. The molecule has 0 bridgehead atoms. The van der Waals surface area contributed by atoms with Crippen molar-refractivity contribution in [3.05, 3.63) is 46.6 Å². The smallest absolute Gasteiger partial charge is 0.194 e. The van der Waals surface area contributed by atoms with Gasteiger partial charge < -0.3 is 5.11 Å². The number of imidazole rings is 1. The highest BCUT2D eigenvalue weighted by Crippen LogP contribution is 2.32. The summed E-state index contributed by atoms with van der Waals surface area (Å²) in [4.78, 5) is 6.49. The highest BCUT2D eigenvalue weighted by Gasteiger charge is 2.14. The van der Waals surface area contributed by atoms with Gasteiger partial charge in [0.2, 0.25) is 0 Å². The van der Waals surface area contributed by atoms with E-state index in [0.717, 1.165) is 21.9 Å². The Morgan fingerprint density at radius 1 is 1.22 bits per heavy atom. The molecular weight excluding hydrogens is 244 g/mol. The van der Waals surface area contributed by atoms with Gasteiger partial charge in [0.15, 0.2) is 4.96 Å². The molecule has 3 nitrogen and oxygen atoms in total. The van der Waals surface area contributed by atoms with Crippen LogP contribution in [0.3, 0.4) is 0 Å². The number of hydrogen-bond donors (Lipinski definition) is 1. The van der Waals surface area contributed by atoms with E-state index in [1.54, 1.807) is 17.5 Å². The first-order chi connectivity index (χ1) is 8.70. The van der Waals surface area contributed by atoms with Crippen molar-refractivity contribution < 1.29 is 5.11 Å². The van der Waals surface area contributed by atoms with E-state index in [9.17, 15) is 5.11 Å². The maximum atomic E-state index is 9.39. The zero-order valence-electron chi connectivity index (χ0n) is 10.3. The number of thiazole rings is 1. The first-order valence-corrected chi connectivity index (χ1v) is 6.66. The van der Waals surface area contributed by atoms with Crippen LogP contribution in [-0.4, -0.2) is 14.5 Å². The molecule has 1 aromatic carbocycles. The Hall–Kier alpha value is -1.65. The summed E-state index contributed by atoms with van der Waals surface area (Å²) in [6, 6.07) is 8.44. The summed E-state index contributed by atoms with van der Waals surface area (Å²) >= 11 is 1.65. The Kier molecular flexibility index (Phi) is 2.69. The Morgan fingerprint density at radius 3 is 2.61 bits per heavy atom. The van der Waals surface area contributed by atoms with Gasteiger partial charge in [-0.15, -0.1) is 11.3 Å². The Bertz CT molecular complexity index is 694. The number of aliphatic hydroxyl groups is 1. The largest absolute Gasteiger partial charge is 0.390 e. The maximum Gasteiger partial charge on any atom is 0.194 e. The van der Waals surface area contributed by atoms with Crippen molar-refractivity contribution in [2.45, 2.75) is 20.5 Å². The SMILES string of the molecule is Cc1ccc(-c2c(C)sc3ncc(CO)n23)cc1. The number of hydrogen-bond acceptors (Lipinski definition) is 3.